The number of benzene rings is 3. The van der Waals surface area contributed by atoms with Crippen LogP contribution < -0.4 is 10.6 Å². The van der Waals surface area contributed by atoms with Crippen LogP contribution in [0.4, 0.5) is 0 Å². The predicted octanol–water partition coefficient (Wildman–Crippen LogP) is 10.4. The summed E-state index contributed by atoms with van der Waals surface area (Å²) in [4.78, 5) is 13.3. The molecule has 1 fully saturated rings. The molecule has 0 bridgehead atoms. The molecule has 1 saturated heterocycles. The van der Waals surface area contributed by atoms with E-state index >= 15 is 0 Å². The van der Waals surface area contributed by atoms with E-state index in [4.69, 9.17) is 9.05 Å². The van der Waals surface area contributed by atoms with Crippen molar-refractivity contribution in [3.05, 3.63) is 81.9 Å². The van der Waals surface area contributed by atoms with Gasteiger partial charge in [0.2, 0.25) is 0 Å². The van der Waals surface area contributed by atoms with Crippen LogP contribution in [-0.2, 0) is 36.1 Å². The normalized spacial score (nSPS) is 18.3. The fraction of sp³-hybridized carbons (Fsp3) is 0.550. The monoisotopic (exact) mass is 618 g/mol. The molecule has 3 aromatic carbocycles. The summed E-state index contributed by atoms with van der Waals surface area (Å²) in [6.07, 6.45) is 0. The first-order chi connectivity index (χ1) is 19.7. The third kappa shape index (κ3) is 5.95. The van der Waals surface area contributed by atoms with E-state index in [-0.39, 0.29) is 33.9 Å². The van der Waals surface area contributed by atoms with Crippen LogP contribution in [0.5, 0.6) is 0 Å². The summed E-state index contributed by atoms with van der Waals surface area (Å²) in [5, 5.41) is 1.56. The molecule has 0 amide bonds. The molecule has 1 aliphatic heterocycles. The Balaban J connectivity index is 2.17. The Morgan fingerprint density at radius 3 is 1.41 bits per heavy atom. The molecule has 4 heteroatoms. The van der Waals surface area contributed by atoms with Crippen molar-refractivity contribution in [1.82, 2.24) is 0 Å². The van der Waals surface area contributed by atoms with Crippen LogP contribution in [0, 0.1) is 6.92 Å². The summed E-state index contributed by atoms with van der Waals surface area (Å²) < 4.78 is 13.1. The van der Waals surface area contributed by atoms with Crippen molar-refractivity contribution in [2.24, 2.45) is 0 Å². The summed E-state index contributed by atoms with van der Waals surface area (Å²) in [6.45, 7) is 36.0. The van der Waals surface area contributed by atoms with E-state index in [9.17, 15) is 4.89 Å². The predicted molar refractivity (Wildman–Crippen MR) is 192 cm³/mol. The van der Waals surface area contributed by atoms with Crippen molar-refractivity contribution < 1.29 is 13.9 Å². The molecule has 3 nitrogen and oxygen atoms in total. The Bertz CT molecular complexity index is 1570. The standard InChI is InChI=1S/C40H59O3P/c1-26-17-21-33(44(41,42-25-43-44)32-22-19-28(37(5,6)7)24-31(32)39(11,12)13)35(40(14,15)16)34(26)29-20-18-27(36(2,3)4)23-30(29)38(8,9)10/h17-24,41H,25H2,1-16H3. The molecule has 0 radical (unpaired) electrons. The fourth-order valence-corrected chi connectivity index (χ4v) is 10.1. The van der Waals surface area contributed by atoms with E-state index in [0.717, 1.165) is 21.7 Å². The van der Waals surface area contributed by atoms with Crippen molar-refractivity contribution in [3.63, 3.8) is 0 Å². The summed E-state index contributed by atoms with van der Waals surface area (Å²) >= 11 is 0. The van der Waals surface area contributed by atoms with Gasteiger partial charge >= 0.3 is 270 Å². The van der Waals surface area contributed by atoms with Gasteiger partial charge in [0.1, 0.15) is 0 Å². The van der Waals surface area contributed by atoms with Crippen molar-refractivity contribution in [1.29, 1.82) is 0 Å². The number of hydrogen-bond donors (Lipinski definition) is 1. The molecule has 1 aliphatic rings. The van der Waals surface area contributed by atoms with Gasteiger partial charge in [0, 0.05) is 0 Å². The molecular formula is C40H59O3P. The second-order valence-corrected chi connectivity index (χ2v) is 21.5. The quantitative estimate of drug-likeness (QED) is 0.297. The molecule has 242 valence electrons. The molecule has 44 heavy (non-hydrogen) atoms. The summed E-state index contributed by atoms with van der Waals surface area (Å²) in [7, 11) is -4.50. The van der Waals surface area contributed by atoms with Gasteiger partial charge in [0.15, 0.2) is 0 Å². The van der Waals surface area contributed by atoms with Gasteiger partial charge in [-0.1, -0.05) is 0 Å². The minimum absolute atomic E-state index is 0.0319. The van der Waals surface area contributed by atoms with Gasteiger partial charge in [0.05, 0.1) is 0 Å². The Hall–Kier alpha value is -2.03. The molecular weight excluding hydrogens is 559 g/mol. The summed E-state index contributed by atoms with van der Waals surface area (Å²) in [5.74, 6) is 0. The second-order valence-electron chi connectivity index (χ2n) is 18.2. The van der Waals surface area contributed by atoms with Crippen LogP contribution in [-0.4, -0.2) is 11.7 Å². The molecule has 1 N–H and O–H groups in total. The average molecular weight is 619 g/mol. The maximum atomic E-state index is 13.3. The molecule has 0 aromatic heterocycles. The molecule has 0 saturated carbocycles. The molecule has 0 atom stereocenters. The zero-order chi connectivity index (χ0) is 33.5. The van der Waals surface area contributed by atoms with Crippen LogP contribution >= 0.6 is 7.28 Å². The van der Waals surface area contributed by atoms with Gasteiger partial charge in [-0.25, -0.2) is 0 Å². The van der Waals surface area contributed by atoms with Crippen molar-refractivity contribution in [3.8, 4) is 11.1 Å². The van der Waals surface area contributed by atoms with Gasteiger partial charge in [-0.05, 0) is 0 Å². The van der Waals surface area contributed by atoms with E-state index in [1.54, 1.807) is 0 Å². The summed E-state index contributed by atoms with van der Waals surface area (Å²) in [5.41, 5.74) is 8.90. The fourth-order valence-electron chi connectivity index (χ4n) is 6.54. The minimum atomic E-state index is -4.50. The van der Waals surface area contributed by atoms with Crippen molar-refractivity contribution in [2.45, 2.75) is 138 Å². The topological polar surface area (TPSA) is 38.7 Å². The Morgan fingerprint density at radius 1 is 0.545 bits per heavy atom. The summed E-state index contributed by atoms with van der Waals surface area (Å²) in [6, 6.07) is 17.7. The first kappa shape index (κ1) is 34.8. The number of rotatable bonds is 3. The molecule has 3 aromatic rings. The third-order valence-electron chi connectivity index (χ3n) is 9.21. The van der Waals surface area contributed by atoms with Crippen LogP contribution in [0.1, 0.15) is 137 Å². The van der Waals surface area contributed by atoms with Crippen molar-refractivity contribution in [2.75, 3.05) is 6.79 Å². The third-order valence-corrected chi connectivity index (χ3v) is 12.8. The molecule has 0 spiro atoms. The second kappa shape index (κ2) is 10.5. The zero-order valence-corrected chi connectivity index (χ0v) is 31.4. The van der Waals surface area contributed by atoms with E-state index < -0.39 is 7.28 Å². The number of hydrogen-bond acceptors (Lipinski definition) is 3. The first-order valence-electron chi connectivity index (χ1n) is 16.2. The average Bonchev–Trinajstić information content (AvgIpc) is 2.83. The van der Waals surface area contributed by atoms with Crippen molar-refractivity contribution >= 4 is 17.9 Å². The van der Waals surface area contributed by atoms with E-state index in [2.05, 4.69) is 159 Å². The van der Waals surface area contributed by atoms with Gasteiger partial charge in [0.25, 0.3) is 0 Å². The molecule has 4 rings (SSSR count). The Labute approximate surface area is 269 Å². The van der Waals surface area contributed by atoms with E-state index in [1.165, 1.54) is 33.4 Å². The van der Waals surface area contributed by atoms with Crippen LogP contribution in [0.25, 0.3) is 11.1 Å². The van der Waals surface area contributed by atoms with Crippen LogP contribution in [0.3, 0.4) is 0 Å². The van der Waals surface area contributed by atoms with Gasteiger partial charge in [-0.3, -0.25) is 0 Å². The maximum absolute atomic E-state index is 13.3. The number of aryl methyl sites for hydroxylation is 1. The molecule has 1 heterocycles. The Kier molecular flexibility index (Phi) is 8.31. The van der Waals surface area contributed by atoms with Crippen LogP contribution in [0.15, 0.2) is 48.5 Å². The molecule has 0 aliphatic carbocycles. The molecule has 0 unspecified atom stereocenters. The first-order valence-corrected chi connectivity index (χ1v) is 18.3. The van der Waals surface area contributed by atoms with Gasteiger partial charge in [-0.2, -0.15) is 0 Å². The zero-order valence-electron chi connectivity index (χ0n) is 30.5. The SMILES string of the molecule is Cc1ccc(P2(O)(c3ccc(C(C)(C)C)cc3C(C)(C)C)OCO2)c(C(C)(C)C)c1-c1ccc(C(C)(C)C)cc1C(C)(C)C. The van der Waals surface area contributed by atoms with Gasteiger partial charge < -0.3 is 0 Å². The van der Waals surface area contributed by atoms with E-state index in [1.807, 2.05) is 0 Å². The van der Waals surface area contributed by atoms with Crippen LogP contribution in [0.2, 0.25) is 0 Å². The van der Waals surface area contributed by atoms with Gasteiger partial charge in [-0.15, -0.1) is 0 Å². The van der Waals surface area contributed by atoms with E-state index in [0.29, 0.717) is 0 Å². The Morgan fingerprint density at radius 2 is 1.00 bits per heavy atom.